The average molecular weight is 404 g/mol. The van der Waals surface area contributed by atoms with Gasteiger partial charge in [0.25, 0.3) is 15.9 Å². The number of anilines is 1. The number of nitrogens with zero attached hydrogens (tertiary/aromatic N) is 2. The van der Waals surface area contributed by atoms with Crippen molar-refractivity contribution in [3.63, 3.8) is 0 Å². The van der Waals surface area contributed by atoms with E-state index in [-0.39, 0.29) is 10.8 Å². The Balaban J connectivity index is 1.96. The molecule has 0 saturated carbocycles. The molecule has 2 aromatic carbocycles. The Labute approximate surface area is 165 Å². The van der Waals surface area contributed by atoms with Gasteiger partial charge in [-0.15, -0.1) is 0 Å². The van der Waals surface area contributed by atoms with Gasteiger partial charge in [0.15, 0.2) is 0 Å². The number of aryl methyl sites for hydroxylation is 1. The van der Waals surface area contributed by atoms with Gasteiger partial charge < -0.3 is 9.64 Å². The summed E-state index contributed by atoms with van der Waals surface area (Å²) in [6.07, 6.45) is 1.75. The number of hydrogen-bond donors (Lipinski definition) is 0. The van der Waals surface area contributed by atoms with Gasteiger partial charge in [0, 0.05) is 19.2 Å². The maximum absolute atomic E-state index is 13.2. The van der Waals surface area contributed by atoms with Crippen molar-refractivity contribution < 1.29 is 22.8 Å². The van der Waals surface area contributed by atoms with Crippen LogP contribution in [0.15, 0.2) is 41.3 Å². The Morgan fingerprint density at radius 2 is 1.79 bits per heavy atom. The minimum absolute atomic E-state index is 0.0564. The summed E-state index contributed by atoms with van der Waals surface area (Å²) in [6.45, 7) is 2.61. The van der Waals surface area contributed by atoms with Crippen LogP contribution < -0.4 is 9.64 Å². The van der Waals surface area contributed by atoms with Crippen molar-refractivity contribution in [1.29, 1.82) is 0 Å². The van der Waals surface area contributed by atoms with E-state index in [1.807, 2.05) is 19.1 Å². The number of benzene rings is 2. The van der Waals surface area contributed by atoms with Crippen molar-refractivity contribution in [3.8, 4) is 5.75 Å². The quantitative estimate of drug-likeness (QED) is 0.717. The van der Waals surface area contributed by atoms with Gasteiger partial charge in [-0.05, 0) is 61.2 Å². The first-order valence-electron chi connectivity index (χ1n) is 8.92. The highest BCUT2D eigenvalue weighted by atomic mass is 32.2. The number of ether oxygens (including phenoxy) is 1. The molecule has 0 radical (unpaired) electrons. The molecule has 7 nitrogen and oxygen atoms in total. The van der Waals surface area contributed by atoms with Crippen molar-refractivity contribution in [2.75, 3.05) is 32.7 Å². The highest BCUT2D eigenvalue weighted by Crippen LogP contribution is 2.39. The smallest absolute Gasteiger partial charge is 0.264 e. The SMILES string of the molecule is COc1ccc(C)c2c1N(C(=O)c1ccc(S(=O)(=O)N(C)OC)cc1)CCC2. The predicted molar refractivity (Wildman–Crippen MR) is 106 cm³/mol. The van der Waals surface area contributed by atoms with Crippen LogP contribution in [-0.2, 0) is 21.3 Å². The van der Waals surface area contributed by atoms with Crippen LogP contribution in [0, 0.1) is 6.92 Å². The van der Waals surface area contributed by atoms with Crippen LogP contribution in [-0.4, -0.2) is 46.6 Å². The van der Waals surface area contributed by atoms with Gasteiger partial charge in [0.1, 0.15) is 5.75 Å². The van der Waals surface area contributed by atoms with E-state index in [9.17, 15) is 13.2 Å². The summed E-state index contributed by atoms with van der Waals surface area (Å²) < 4.78 is 30.9. The number of fused-ring (bicyclic) bond motifs is 1. The van der Waals surface area contributed by atoms with Crippen molar-refractivity contribution in [3.05, 3.63) is 53.1 Å². The topological polar surface area (TPSA) is 76.2 Å². The number of hydrogen-bond acceptors (Lipinski definition) is 5. The molecule has 1 heterocycles. The number of methoxy groups -OCH3 is 1. The average Bonchev–Trinajstić information content (AvgIpc) is 2.72. The number of rotatable bonds is 5. The lowest BCUT2D eigenvalue weighted by Crippen LogP contribution is -2.36. The molecule has 0 aromatic heterocycles. The van der Waals surface area contributed by atoms with Crippen molar-refractivity contribution >= 4 is 21.6 Å². The van der Waals surface area contributed by atoms with Crippen LogP contribution in [0.25, 0.3) is 0 Å². The first-order chi connectivity index (χ1) is 13.3. The molecule has 0 aliphatic carbocycles. The molecule has 3 rings (SSSR count). The zero-order chi connectivity index (χ0) is 20.5. The first kappa shape index (κ1) is 20.3. The molecule has 0 fully saturated rings. The second-order valence-electron chi connectivity index (χ2n) is 6.59. The predicted octanol–water partition coefficient (Wildman–Crippen LogP) is 2.78. The third-order valence-corrected chi connectivity index (χ3v) is 6.71. The Morgan fingerprint density at radius 3 is 2.39 bits per heavy atom. The van der Waals surface area contributed by atoms with E-state index in [1.165, 1.54) is 38.4 Å². The van der Waals surface area contributed by atoms with Crippen molar-refractivity contribution in [2.45, 2.75) is 24.7 Å². The van der Waals surface area contributed by atoms with E-state index in [2.05, 4.69) is 0 Å². The maximum atomic E-state index is 13.2. The highest BCUT2D eigenvalue weighted by molar-refractivity contribution is 7.89. The molecular weight excluding hydrogens is 380 g/mol. The maximum Gasteiger partial charge on any atom is 0.264 e. The molecule has 0 saturated heterocycles. The fraction of sp³-hybridized carbons (Fsp3) is 0.350. The van der Waals surface area contributed by atoms with E-state index in [4.69, 9.17) is 9.57 Å². The summed E-state index contributed by atoms with van der Waals surface area (Å²) in [5.74, 6) is 0.475. The number of hydroxylamine groups is 1. The second-order valence-corrected chi connectivity index (χ2v) is 8.53. The van der Waals surface area contributed by atoms with Crippen LogP contribution in [0.5, 0.6) is 5.75 Å². The van der Waals surface area contributed by atoms with Gasteiger partial charge in [-0.3, -0.25) is 9.63 Å². The number of carbonyl (C=O) groups is 1. The monoisotopic (exact) mass is 404 g/mol. The summed E-state index contributed by atoms with van der Waals surface area (Å²) in [6, 6.07) is 9.74. The van der Waals surface area contributed by atoms with Crippen molar-refractivity contribution in [2.24, 2.45) is 0 Å². The van der Waals surface area contributed by atoms with Gasteiger partial charge in [0.05, 0.1) is 24.8 Å². The number of carbonyl (C=O) groups excluding carboxylic acids is 1. The summed E-state index contributed by atoms with van der Waals surface area (Å²) >= 11 is 0. The molecular formula is C20H24N2O5S. The fourth-order valence-corrected chi connectivity index (χ4v) is 4.37. The summed E-state index contributed by atoms with van der Waals surface area (Å²) in [5, 5.41) is 0. The third kappa shape index (κ3) is 3.50. The lowest BCUT2D eigenvalue weighted by molar-refractivity contribution is -0.0258. The minimum atomic E-state index is -3.76. The molecule has 0 bridgehead atoms. The second kappa shape index (κ2) is 7.90. The summed E-state index contributed by atoms with van der Waals surface area (Å²) in [7, 11) is 0.426. The third-order valence-electron chi connectivity index (χ3n) is 5.02. The Bertz CT molecular complexity index is 986. The standard InChI is InChI=1S/C20H24N2O5S/c1-14-7-12-18(26-3)19-17(14)6-5-13-22(19)20(23)15-8-10-16(11-9-15)28(24,25)21(2)27-4/h7-12H,5-6,13H2,1-4H3. The molecule has 2 aromatic rings. The molecule has 1 aliphatic heterocycles. The van der Waals surface area contributed by atoms with Gasteiger partial charge in [-0.25, -0.2) is 8.42 Å². The Hall–Kier alpha value is -2.42. The Morgan fingerprint density at radius 1 is 1.11 bits per heavy atom. The normalized spacial score (nSPS) is 14.1. The highest BCUT2D eigenvalue weighted by Gasteiger charge is 2.28. The van der Waals surface area contributed by atoms with Crippen LogP contribution in [0.1, 0.15) is 27.9 Å². The summed E-state index contributed by atoms with van der Waals surface area (Å²) in [5.41, 5.74) is 3.45. The van der Waals surface area contributed by atoms with E-state index in [1.54, 1.807) is 12.0 Å². The van der Waals surface area contributed by atoms with E-state index in [0.29, 0.717) is 17.9 Å². The minimum Gasteiger partial charge on any atom is -0.495 e. The molecule has 28 heavy (non-hydrogen) atoms. The first-order valence-corrected chi connectivity index (χ1v) is 10.4. The molecule has 1 aliphatic rings. The van der Waals surface area contributed by atoms with E-state index >= 15 is 0 Å². The fourth-order valence-electron chi connectivity index (χ4n) is 3.39. The van der Waals surface area contributed by atoms with E-state index in [0.717, 1.165) is 34.1 Å². The molecule has 1 amide bonds. The largest absolute Gasteiger partial charge is 0.495 e. The van der Waals surface area contributed by atoms with E-state index < -0.39 is 10.0 Å². The molecule has 0 spiro atoms. The lowest BCUT2D eigenvalue weighted by atomic mass is 9.95. The van der Waals surface area contributed by atoms with Crippen LogP contribution in [0.3, 0.4) is 0 Å². The molecule has 0 unspecified atom stereocenters. The van der Waals surface area contributed by atoms with Gasteiger partial charge in [-0.2, -0.15) is 0 Å². The number of amides is 1. The zero-order valence-electron chi connectivity index (χ0n) is 16.4. The van der Waals surface area contributed by atoms with Crippen LogP contribution in [0.4, 0.5) is 5.69 Å². The van der Waals surface area contributed by atoms with Gasteiger partial charge in [-0.1, -0.05) is 10.5 Å². The van der Waals surface area contributed by atoms with Crippen LogP contribution >= 0.6 is 0 Å². The van der Waals surface area contributed by atoms with Crippen molar-refractivity contribution in [1.82, 2.24) is 4.47 Å². The number of sulfonamides is 1. The van der Waals surface area contributed by atoms with Crippen LogP contribution in [0.2, 0.25) is 0 Å². The summed E-state index contributed by atoms with van der Waals surface area (Å²) in [4.78, 5) is 19.7. The molecule has 0 atom stereocenters. The lowest BCUT2D eigenvalue weighted by Gasteiger charge is -2.32. The molecule has 150 valence electrons. The zero-order valence-corrected chi connectivity index (χ0v) is 17.2. The van der Waals surface area contributed by atoms with Gasteiger partial charge in [0.2, 0.25) is 0 Å². The molecule has 8 heteroatoms. The van der Waals surface area contributed by atoms with Gasteiger partial charge >= 0.3 is 0 Å². The Kier molecular flexibility index (Phi) is 5.74. The molecule has 0 N–H and O–H groups in total.